The van der Waals surface area contributed by atoms with Gasteiger partial charge in [0.2, 0.25) is 11.9 Å². The van der Waals surface area contributed by atoms with Gasteiger partial charge >= 0.3 is 0 Å². The number of amides is 1. The molecule has 0 radical (unpaired) electrons. The first-order valence-electron chi connectivity index (χ1n) is 9.03. The molecule has 1 atom stereocenters. The van der Waals surface area contributed by atoms with Crippen LogP contribution in [0, 0.1) is 0 Å². The van der Waals surface area contributed by atoms with Gasteiger partial charge in [-0.15, -0.1) is 0 Å². The smallest absolute Gasteiger partial charge is 0.290 e. The number of hydrogen-bond donors (Lipinski definition) is 3. The van der Waals surface area contributed by atoms with Gasteiger partial charge in [0.25, 0.3) is 6.47 Å². The molecule has 2 fully saturated rings. The quantitative estimate of drug-likeness (QED) is 0.663. The van der Waals surface area contributed by atoms with E-state index in [1.165, 1.54) is 0 Å². The van der Waals surface area contributed by atoms with Crippen LogP contribution in [0.5, 0.6) is 0 Å². The summed E-state index contributed by atoms with van der Waals surface area (Å²) >= 11 is 0. The molecule has 9 heteroatoms. The number of nitrogens with zero attached hydrogens (tertiary/aromatic N) is 3. The first kappa shape index (κ1) is 19.6. The highest BCUT2D eigenvalue weighted by Gasteiger charge is 2.23. The van der Waals surface area contributed by atoms with Gasteiger partial charge < -0.3 is 25.8 Å². The van der Waals surface area contributed by atoms with Gasteiger partial charge in [0.1, 0.15) is 5.82 Å². The zero-order valence-electron chi connectivity index (χ0n) is 15.4. The van der Waals surface area contributed by atoms with Crippen molar-refractivity contribution in [2.75, 3.05) is 43.5 Å². The molecule has 0 bridgehead atoms. The second-order valence-electron chi connectivity index (χ2n) is 6.50. The minimum Gasteiger partial charge on any atom is -0.483 e. The number of aromatic nitrogens is 2. The molecule has 3 heterocycles. The van der Waals surface area contributed by atoms with E-state index in [9.17, 15) is 4.79 Å². The number of carbonyl (C=O) groups excluding carboxylic acids is 1. The normalized spacial score (nSPS) is 18.8. The van der Waals surface area contributed by atoms with E-state index < -0.39 is 0 Å². The fraction of sp³-hybridized carbons (Fsp3) is 0.368. The number of benzene rings is 1. The Labute approximate surface area is 162 Å². The van der Waals surface area contributed by atoms with Crippen molar-refractivity contribution in [1.29, 1.82) is 0 Å². The van der Waals surface area contributed by atoms with Gasteiger partial charge in [0.05, 0.1) is 18.9 Å². The van der Waals surface area contributed by atoms with Gasteiger partial charge in [-0.25, -0.2) is 4.98 Å². The lowest BCUT2D eigenvalue weighted by molar-refractivity contribution is -0.123. The molecule has 2 aromatic rings. The molecule has 1 aromatic carbocycles. The van der Waals surface area contributed by atoms with Crippen LogP contribution in [0.1, 0.15) is 17.9 Å². The largest absolute Gasteiger partial charge is 0.483 e. The predicted octanol–water partition coefficient (Wildman–Crippen LogP) is 0.867. The third kappa shape index (κ3) is 4.74. The van der Waals surface area contributed by atoms with Crippen LogP contribution in [0.4, 0.5) is 11.8 Å². The van der Waals surface area contributed by atoms with Crippen LogP contribution in [-0.4, -0.2) is 60.3 Å². The highest BCUT2D eigenvalue weighted by atomic mass is 16.5. The fourth-order valence-corrected chi connectivity index (χ4v) is 3.32. The summed E-state index contributed by atoms with van der Waals surface area (Å²) in [4.78, 5) is 30.7. The number of hydrogen-bond acceptors (Lipinski definition) is 7. The van der Waals surface area contributed by atoms with Crippen molar-refractivity contribution in [3.63, 3.8) is 0 Å². The Balaban J connectivity index is 0.000000706. The summed E-state index contributed by atoms with van der Waals surface area (Å²) in [6.45, 7) is 3.46. The standard InChI is InChI=1S/C18H21N5O2.CH2O2/c19-18-21-15(10-16(22-18)23-5-7-25-8-6-23)13-3-1-12(2-4-13)14-9-17(24)20-11-14;2-1-3/h1-4,10,14H,5-9,11H2,(H,20,24)(H2,19,21,22);1H,(H,2,3). The monoisotopic (exact) mass is 385 g/mol. The van der Waals surface area contributed by atoms with Crippen molar-refractivity contribution in [3.05, 3.63) is 35.9 Å². The summed E-state index contributed by atoms with van der Waals surface area (Å²) in [7, 11) is 0. The van der Waals surface area contributed by atoms with E-state index in [1.807, 2.05) is 18.2 Å². The van der Waals surface area contributed by atoms with E-state index in [-0.39, 0.29) is 24.2 Å². The Bertz CT molecular complexity index is 822. The van der Waals surface area contributed by atoms with E-state index in [4.69, 9.17) is 20.4 Å². The second kappa shape index (κ2) is 9.14. The third-order valence-corrected chi connectivity index (χ3v) is 4.72. The number of carboxylic acid groups (broad SMARTS) is 1. The van der Waals surface area contributed by atoms with Crippen LogP contribution in [0.3, 0.4) is 0 Å². The lowest BCUT2D eigenvalue weighted by Crippen LogP contribution is -2.36. The van der Waals surface area contributed by atoms with E-state index in [0.717, 1.165) is 35.7 Å². The first-order valence-corrected chi connectivity index (χ1v) is 9.03. The SMILES string of the molecule is Nc1nc(-c2ccc(C3CNC(=O)C3)cc2)cc(N2CCOCC2)n1.O=CO. The van der Waals surface area contributed by atoms with Crippen LogP contribution in [0.25, 0.3) is 11.3 Å². The lowest BCUT2D eigenvalue weighted by Gasteiger charge is -2.28. The average molecular weight is 385 g/mol. The summed E-state index contributed by atoms with van der Waals surface area (Å²) < 4.78 is 5.39. The zero-order valence-corrected chi connectivity index (χ0v) is 15.4. The molecule has 4 N–H and O–H groups in total. The molecule has 1 amide bonds. The topological polar surface area (TPSA) is 131 Å². The molecule has 0 spiro atoms. The highest BCUT2D eigenvalue weighted by molar-refractivity contribution is 5.79. The molecular weight excluding hydrogens is 362 g/mol. The summed E-state index contributed by atoms with van der Waals surface area (Å²) in [5.41, 5.74) is 8.88. The number of ether oxygens (including phenoxy) is 1. The molecule has 1 aromatic heterocycles. The van der Waals surface area contributed by atoms with Gasteiger partial charge in [0, 0.05) is 43.6 Å². The highest BCUT2D eigenvalue weighted by Crippen LogP contribution is 2.27. The maximum Gasteiger partial charge on any atom is 0.290 e. The van der Waals surface area contributed by atoms with E-state index >= 15 is 0 Å². The molecule has 9 nitrogen and oxygen atoms in total. The molecular formula is C19H23N5O4. The van der Waals surface area contributed by atoms with Crippen LogP contribution in [0.2, 0.25) is 0 Å². The molecule has 148 valence electrons. The molecule has 2 aliphatic heterocycles. The van der Waals surface area contributed by atoms with Gasteiger partial charge in [-0.2, -0.15) is 4.98 Å². The van der Waals surface area contributed by atoms with Crippen molar-refractivity contribution < 1.29 is 19.4 Å². The molecule has 0 aliphatic carbocycles. The Hall–Kier alpha value is -3.20. The minimum absolute atomic E-state index is 0.118. The Morgan fingerprint density at radius 2 is 1.89 bits per heavy atom. The molecule has 0 saturated carbocycles. The van der Waals surface area contributed by atoms with Crippen molar-refractivity contribution >= 4 is 24.1 Å². The number of carbonyl (C=O) groups is 2. The minimum atomic E-state index is -0.250. The summed E-state index contributed by atoms with van der Waals surface area (Å²) in [6, 6.07) is 10.2. The Morgan fingerprint density at radius 1 is 1.21 bits per heavy atom. The lowest BCUT2D eigenvalue weighted by atomic mass is 9.96. The van der Waals surface area contributed by atoms with Crippen LogP contribution in [0.15, 0.2) is 30.3 Å². The number of anilines is 2. The molecule has 28 heavy (non-hydrogen) atoms. The van der Waals surface area contributed by atoms with E-state index in [2.05, 4.69) is 32.3 Å². The fourth-order valence-electron chi connectivity index (χ4n) is 3.32. The van der Waals surface area contributed by atoms with Crippen molar-refractivity contribution in [3.8, 4) is 11.3 Å². The first-order chi connectivity index (χ1) is 13.6. The molecule has 2 aliphatic rings. The van der Waals surface area contributed by atoms with Crippen molar-refractivity contribution in [1.82, 2.24) is 15.3 Å². The van der Waals surface area contributed by atoms with Crippen LogP contribution >= 0.6 is 0 Å². The summed E-state index contributed by atoms with van der Waals surface area (Å²) in [5.74, 6) is 1.47. The maximum absolute atomic E-state index is 11.4. The second-order valence-corrected chi connectivity index (χ2v) is 6.50. The zero-order chi connectivity index (χ0) is 19.9. The summed E-state index contributed by atoms with van der Waals surface area (Å²) in [5, 5.41) is 9.76. The molecule has 1 unspecified atom stereocenters. The van der Waals surface area contributed by atoms with Crippen LogP contribution < -0.4 is 16.0 Å². The number of nitrogens with two attached hydrogens (primary N) is 1. The van der Waals surface area contributed by atoms with Gasteiger partial charge in [-0.1, -0.05) is 24.3 Å². The summed E-state index contributed by atoms with van der Waals surface area (Å²) in [6.07, 6.45) is 0.557. The molecule has 2 saturated heterocycles. The maximum atomic E-state index is 11.4. The van der Waals surface area contributed by atoms with Gasteiger partial charge in [-0.05, 0) is 5.56 Å². The number of rotatable bonds is 3. The molecule has 4 rings (SSSR count). The van der Waals surface area contributed by atoms with E-state index in [1.54, 1.807) is 0 Å². The predicted molar refractivity (Wildman–Crippen MR) is 104 cm³/mol. The van der Waals surface area contributed by atoms with Crippen molar-refractivity contribution in [2.45, 2.75) is 12.3 Å². The van der Waals surface area contributed by atoms with Crippen LogP contribution in [-0.2, 0) is 14.3 Å². The Kier molecular flexibility index (Phi) is 6.38. The van der Waals surface area contributed by atoms with E-state index in [0.29, 0.717) is 26.2 Å². The van der Waals surface area contributed by atoms with Gasteiger partial charge in [0.15, 0.2) is 0 Å². The number of nitrogen functional groups attached to an aromatic ring is 1. The average Bonchev–Trinajstić information content (AvgIpc) is 3.15. The van der Waals surface area contributed by atoms with Gasteiger partial charge in [-0.3, -0.25) is 9.59 Å². The Morgan fingerprint density at radius 3 is 2.50 bits per heavy atom. The number of nitrogens with one attached hydrogen (secondary N) is 1. The number of morpholine rings is 1. The van der Waals surface area contributed by atoms with Crippen molar-refractivity contribution in [2.24, 2.45) is 0 Å². The third-order valence-electron chi connectivity index (χ3n) is 4.72.